The highest BCUT2D eigenvalue weighted by Gasteiger charge is 1.93. The molecule has 62 valence electrons. The van der Waals surface area contributed by atoms with Crippen LogP contribution in [0.15, 0.2) is 30.6 Å². The first-order valence-electron chi connectivity index (χ1n) is 3.22. The monoisotopic (exact) mass is 244 g/mol. The molecule has 1 aromatic carbocycles. The summed E-state index contributed by atoms with van der Waals surface area (Å²) in [5.74, 6) is 0. The van der Waals surface area contributed by atoms with Gasteiger partial charge >= 0.3 is 0 Å². The number of halogens is 2. The lowest BCUT2D eigenvalue weighted by molar-refractivity contribution is 1.29. The highest BCUT2D eigenvalue weighted by atomic mass is 79.9. The van der Waals surface area contributed by atoms with Crippen LogP contribution >= 0.6 is 28.6 Å². The number of hydrogen-bond acceptors (Lipinski definition) is 2. The topological polar surface area (TPSA) is 25.8 Å². The van der Waals surface area contributed by atoms with Crippen LogP contribution in [-0.4, -0.2) is 9.97 Å². The molecule has 1 aromatic heterocycles. The Morgan fingerprint density at radius 1 is 1.00 bits per heavy atom. The molecule has 0 bridgehead atoms. The quantitative estimate of drug-likeness (QED) is 0.713. The third-order valence-corrected chi connectivity index (χ3v) is 1.67. The third kappa shape index (κ3) is 1.73. The fourth-order valence-electron chi connectivity index (χ4n) is 0.936. The zero-order chi connectivity index (χ0) is 7.68. The fraction of sp³-hybridized carbons (Fsp3) is 0. The first-order chi connectivity index (χ1) is 5.36. The maximum Gasteiger partial charge on any atom is 0.0901 e. The Balaban J connectivity index is 0.000000720. The van der Waals surface area contributed by atoms with Crippen LogP contribution in [0, 0.1) is 0 Å². The van der Waals surface area contributed by atoms with Gasteiger partial charge in [0.1, 0.15) is 0 Å². The van der Waals surface area contributed by atoms with Gasteiger partial charge in [-0.25, -0.2) is 0 Å². The van der Waals surface area contributed by atoms with E-state index in [1.165, 1.54) is 0 Å². The Labute approximate surface area is 85.4 Å². The van der Waals surface area contributed by atoms with Gasteiger partial charge in [-0.3, -0.25) is 9.97 Å². The number of aromatic nitrogens is 2. The molecule has 0 saturated heterocycles. The van der Waals surface area contributed by atoms with Crippen molar-refractivity contribution < 1.29 is 0 Å². The molecule has 0 amide bonds. The Bertz CT molecular complexity index is 391. The molecule has 0 fully saturated rings. The van der Waals surface area contributed by atoms with Crippen LogP contribution in [0.1, 0.15) is 0 Å². The molecule has 2 nitrogen and oxygen atoms in total. The molecule has 0 unspecified atom stereocenters. The van der Waals surface area contributed by atoms with E-state index in [4.69, 9.17) is 11.6 Å². The average molecular weight is 246 g/mol. The number of nitrogens with zero attached hydrogens (tertiary/aromatic N) is 2. The summed E-state index contributed by atoms with van der Waals surface area (Å²) in [5.41, 5.74) is 1.71. The van der Waals surface area contributed by atoms with Crippen LogP contribution in [0.2, 0.25) is 5.02 Å². The Morgan fingerprint density at radius 3 is 2.42 bits per heavy atom. The van der Waals surface area contributed by atoms with Crippen LogP contribution in [-0.2, 0) is 0 Å². The van der Waals surface area contributed by atoms with E-state index in [1.54, 1.807) is 24.5 Å². The maximum atomic E-state index is 5.75. The van der Waals surface area contributed by atoms with E-state index in [9.17, 15) is 0 Å². The smallest absolute Gasteiger partial charge is 0.0901 e. The van der Waals surface area contributed by atoms with Crippen LogP contribution in [0.3, 0.4) is 0 Å². The lowest BCUT2D eigenvalue weighted by atomic mass is 10.3. The Kier molecular flexibility index (Phi) is 3.00. The van der Waals surface area contributed by atoms with E-state index < -0.39 is 0 Å². The zero-order valence-electron chi connectivity index (χ0n) is 6.07. The van der Waals surface area contributed by atoms with Crippen LogP contribution in [0.25, 0.3) is 11.0 Å². The van der Waals surface area contributed by atoms with Gasteiger partial charge in [-0.05, 0) is 18.2 Å². The number of hydrogen-bond donors (Lipinski definition) is 0. The predicted molar refractivity (Wildman–Crippen MR) is 54.9 cm³/mol. The van der Waals surface area contributed by atoms with Crippen molar-refractivity contribution in [1.29, 1.82) is 0 Å². The summed E-state index contributed by atoms with van der Waals surface area (Å²) in [6.07, 6.45) is 3.31. The molecule has 0 aliphatic heterocycles. The van der Waals surface area contributed by atoms with E-state index in [0.29, 0.717) is 5.02 Å². The second-order valence-electron chi connectivity index (χ2n) is 2.19. The van der Waals surface area contributed by atoms with Gasteiger partial charge in [0.05, 0.1) is 11.0 Å². The zero-order valence-corrected chi connectivity index (χ0v) is 8.54. The normalized spacial score (nSPS) is 9.42. The molecule has 0 N–H and O–H groups in total. The summed E-state index contributed by atoms with van der Waals surface area (Å²) < 4.78 is 0. The molecule has 0 aliphatic rings. The van der Waals surface area contributed by atoms with Gasteiger partial charge in [0, 0.05) is 17.4 Å². The predicted octanol–water partition coefficient (Wildman–Crippen LogP) is 2.86. The third-order valence-electron chi connectivity index (χ3n) is 1.43. The first kappa shape index (κ1) is 9.42. The second kappa shape index (κ2) is 3.83. The average Bonchev–Trinajstić information content (AvgIpc) is 2.04. The standard InChI is InChI=1S/C8H5ClN2.BrH/c9-6-1-2-7-8(5-6)11-4-3-10-7;/h1-5H;1H. The minimum Gasteiger partial charge on any atom is -0.253 e. The molecule has 0 aliphatic carbocycles. The van der Waals surface area contributed by atoms with Crippen molar-refractivity contribution in [1.82, 2.24) is 9.97 Å². The van der Waals surface area contributed by atoms with Gasteiger partial charge in [-0.2, -0.15) is 0 Å². The van der Waals surface area contributed by atoms with Crippen LogP contribution in [0.5, 0.6) is 0 Å². The van der Waals surface area contributed by atoms with Gasteiger partial charge in [0.25, 0.3) is 0 Å². The number of rotatable bonds is 0. The van der Waals surface area contributed by atoms with E-state index >= 15 is 0 Å². The summed E-state index contributed by atoms with van der Waals surface area (Å²) in [6.45, 7) is 0. The summed E-state index contributed by atoms with van der Waals surface area (Å²) in [7, 11) is 0. The lowest BCUT2D eigenvalue weighted by Crippen LogP contribution is -1.80. The van der Waals surface area contributed by atoms with E-state index in [2.05, 4.69) is 9.97 Å². The molecule has 2 rings (SSSR count). The summed E-state index contributed by atoms with van der Waals surface area (Å²) in [6, 6.07) is 5.45. The van der Waals surface area contributed by atoms with Gasteiger partial charge < -0.3 is 0 Å². The molecule has 12 heavy (non-hydrogen) atoms. The van der Waals surface area contributed by atoms with Gasteiger partial charge in [0.2, 0.25) is 0 Å². The molecule has 2 aromatic rings. The van der Waals surface area contributed by atoms with E-state index in [-0.39, 0.29) is 17.0 Å². The van der Waals surface area contributed by atoms with Crippen molar-refractivity contribution in [3.05, 3.63) is 35.6 Å². The van der Waals surface area contributed by atoms with Crippen molar-refractivity contribution in [3.8, 4) is 0 Å². The first-order valence-corrected chi connectivity index (χ1v) is 3.60. The largest absolute Gasteiger partial charge is 0.253 e. The molecule has 4 heteroatoms. The lowest BCUT2D eigenvalue weighted by Gasteiger charge is -1.93. The second-order valence-corrected chi connectivity index (χ2v) is 2.63. The van der Waals surface area contributed by atoms with Crippen molar-refractivity contribution in [2.24, 2.45) is 0 Å². The van der Waals surface area contributed by atoms with Crippen molar-refractivity contribution >= 4 is 39.6 Å². The molecule has 0 saturated carbocycles. The van der Waals surface area contributed by atoms with Crippen LogP contribution < -0.4 is 0 Å². The Morgan fingerprint density at radius 2 is 1.67 bits per heavy atom. The fourth-order valence-corrected chi connectivity index (χ4v) is 1.10. The van der Waals surface area contributed by atoms with Gasteiger partial charge in [-0.15, -0.1) is 17.0 Å². The molecular formula is C8H6BrClN2. The van der Waals surface area contributed by atoms with Crippen molar-refractivity contribution in [3.63, 3.8) is 0 Å². The number of fused-ring (bicyclic) bond motifs is 1. The van der Waals surface area contributed by atoms with Gasteiger partial charge in [0.15, 0.2) is 0 Å². The maximum absolute atomic E-state index is 5.75. The Hall–Kier alpha value is -0.670. The van der Waals surface area contributed by atoms with E-state index in [0.717, 1.165) is 11.0 Å². The summed E-state index contributed by atoms with van der Waals surface area (Å²) >= 11 is 5.75. The van der Waals surface area contributed by atoms with Crippen molar-refractivity contribution in [2.75, 3.05) is 0 Å². The molecule has 0 spiro atoms. The molecule has 0 radical (unpaired) electrons. The highest BCUT2D eigenvalue weighted by molar-refractivity contribution is 8.93. The van der Waals surface area contributed by atoms with Gasteiger partial charge in [-0.1, -0.05) is 11.6 Å². The molecule has 0 atom stereocenters. The minimum atomic E-state index is 0. The minimum absolute atomic E-state index is 0. The number of benzene rings is 1. The van der Waals surface area contributed by atoms with Crippen LogP contribution in [0.4, 0.5) is 0 Å². The SMILES string of the molecule is Br.Clc1ccc2nccnc2c1. The summed E-state index contributed by atoms with van der Waals surface area (Å²) in [5, 5.41) is 0.693. The summed E-state index contributed by atoms with van der Waals surface area (Å²) in [4.78, 5) is 8.20. The van der Waals surface area contributed by atoms with E-state index in [1.807, 2.05) is 6.07 Å². The molecular weight excluding hydrogens is 239 g/mol. The highest BCUT2D eigenvalue weighted by Crippen LogP contribution is 2.14. The molecule has 1 heterocycles. The van der Waals surface area contributed by atoms with Crippen molar-refractivity contribution in [2.45, 2.75) is 0 Å².